The molecule has 0 unspecified atom stereocenters. The zero-order valence-electron chi connectivity index (χ0n) is 11.2. The van der Waals surface area contributed by atoms with Gasteiger partial charge in [0.05, 0.1) is 24.7 Å². The Morgan fingerprint density at radius 3 is 2.62 bits per heavy atom. The van der Waals surface area contributed by atoms with E-state index in [9.17, 15) is 8.42 Å². The number of hydrogen-bond donors (Lipinski definition) is 0. The number of halogens is 2. The van der Waals surface area contributed by atoms with Crippen molar-refractivity contribution < 1.29 is 17.9 Å². The zero-order valence-corrected chi connectivity index (χ0v) is 15.2. The molecule has 0 N–H and O–H groups in total. The van der Waals surface area contributed by atoms with Crippen molar-refractivity contribution in [1.82, 2.24) is 4.31 Å². The maximum absolute atomic E-state index is 12.9. The molecule has 0 aromatic heterocycles. The highest BCUT2D eigenvalue weighted by Gasteiger charge is 2.44. The second kappa shape index (κ2) is 5.90. The summed E-state index contributed by atoms with van der Waals surface area (Å²) in [7, 11) is -3.58. The quantitative estimate of drug-likeness (QED) is 0.709. The molecular formula is C13H15Br2NO4S. The molecule has 3 rings (SSSR count). The van der Waals surface area contributed by atoms with Gasteiger partial charge in [0.15, 0.2) is 5.79 Å². The fourth-order valence-electron chi connectivity index (χ4n) is 2.70. The van der Waals surface area contributed by atoms with Gasteiger partial charge in [-0.2, -0.15) is 4.31 Å². The van der Waals surface area contributed by atoms with Gasteiger partial charge < -0.3 is 9.47 Å². The highest BCUT2D eigenvalue weighted by atomic mass is 79.9. The van der Waals surface area contributed by atoms with Crippen molar-refractivity contribution in [3.8, 4) is 0 Å². The number of sulfonamides is 1. The molecule has 5 nitrogen and oxygen atoms in total. The van der Waals surface area contributed by atoms with E-state index in [4.69, 9.17) is 9.47 Å². The Labute approximate surface area is 140 Å². The van der Waals surface area contributed by atoms with E-state index in [2.05, 4.69) is 31.9 Å². The summed E-state index contributed by atoms with van der Waals surface area (Å²) in [6.07, 6.45) is 1.46. The van der Waals surface area contributed by atoms with Gasteiger partial charge in [-0.3, -0.25) is 0 Å². The van der Waals surface area contributed by atoms with Crippen LogP contribution in [0.4, 0.5) is 0 Å². The Hall–Kier alpha value is 0.01000. The van der Waals surface area contributed by atoms with Crippen LogP contribution < -0.4 is 0 Å². The van der Waals surface area contributed by atoms with E-state index in [-0.39, 0.29) is 11.4 Å². The minimum Gasteiger partial charge on any atom is -0.346 e. The summed E-state index contributed by atoms with van der Waals surface area (Å²) in [6.45, 7) is 1.77. The average Bonchev–Trinajstić information content (AvgIpc) is 2.89. The lowest BCUT2D eigenvalue weighted by molar-refractivity contribution is -0.179. The number of benzene rings is 1. The lowest BCUT2D eigenvalue weighted by atomic mass is 10.1. The van der Waals surface area contributed by atoms with Crippen LogP contribution >= 0.6 is 31.9 Å². The lowest BCUT2D eigenvalue weighted by Gasteiger charge is -2.37. The van der Waals surface area contributed by atoms with E-state index in [0.717, 1.165) is 17.3 Å². The predicted molar refractivity (Wildman–Crippen MR) is 84.5 cm³/mol. The van der Waals surface area contributed by atoms with Crippen molar-refractivity contribution in [2.24, 2.45) is 0 Å². The van der Waals surface area contributed by atoms with Gasteiger partial charge in [0.25, 0.3) is 0 Å². The number of hydrogen-bond acceptors (Lipinski definition) is 4. The minimum absolute atomic E-state index is 0.244. The standard InChI is InChI=1S/C13H15Br2NO4S/c14-10-2-3-11(15)12(8-10)21(17,18)16-5-1-4-13(9-16)19-6-7-20-13/h2-3,8H,1,4-7,9H2. The maximum Gasteiger partial charge on any atom is 0.244 e. The van der Waals surface area contributed by atoms with Gasteiger partial charge in [-0.05, 0) is 40.5 Å². The molecule has 0 radical (unpaired) electrons. The number of nitrogens with zero attached hydrogens (tertiary/aromatic N) is 1. The summed E-state index contributed by atoms with van der Waals surface area (Å²) < 4.78 is 39.8. The Morgan fingerprint density at radius 2 is 1.90 bits per heavy atom. The largest absolute Gasteiger partial charge is 0.346 e. The van der Waals surface area contributed by atoms with Crippen molar-refractivity contribution in [2.45, 2.75) is 23.5 Å². The third-order valence-electron chi connectivity index (χ3n) is 3.71. The van der Waals surface area contributed by atoms with Gasteiger partial charge in [-0.15, -0.1) is 0 Å². The third kappa shape index (κ3) is 3.07. The normalized spacial score (nSPS) is 22.8. The Bertz CT molecular complexity index is 644. The predicted octanol–water partition coefficient (Wildman–Crippen LogP) is 2.74. The molecule has 2 saturated heterocycles. The molecule has 0 aliphatic carbocycles. The first kappa shape index (κ1) is 15.9. The fraction of sp³-hybridized carbons (Fsp3) is 0.538. The lowest BCUT2D eigenvalue weighted by Crippen LogP contribution is -2.50. The first-order chi connectivity index (χ1) is 9.93. The molecule has 0 atom stereocenters. The van der Waals surface area contributed by atoms with Crippen LogP contribution in [-0.2, 0) is 19.5 Å². The summed E-state index contributed by atoms with van der Waals surface area (Å²) in [5.74, 6) is -0.760. The molecular weight excluding hydrogens is 426 g/mol. The second-order valence-electron chi connectivity index (χ2n) is 5.12. The van der Waals surface area contributed by atoms with Gasteiger partial charge in [-0.1, -0.05) is 15.9 Å². The SMILES string of the molecule is O=S(=O)(c1cc(Br)ccc1Br)N1CCCC2(C1)OCCO2. The molecule has 21 heavy (non-hydrogen) atoms. The molecule has 8 heteroatoms. The molecule has 2 fully saturated rings. The van der Waals surface area contributed by atoms with Crippen LogP contribution in [0.1, 0.15) is 12.8 Å². The molecule has 0 bridgehead atoms. The van der Waals surface area contributed by atoms with Crippen molar-refractivity contribution >= 4 is 41.9 Å². The van der Waals surface area contributed by atoms with Crippen LogP contribution in [0.3, 0.4) is 0 Å². The Balaban J connectivity index is 1.92. The molecule has 2 heterocycles. The topological polar surface area (TPSA) is 55.8 Å². The van der Waals surface area contributed by atoms with Gasteiger partial charge in [0.1, 0.15) is 0 Å². The summed E-state index contributed by atoms with van der Waals surface area (Å²) >= 11 is 6.64. The highest BCUT2D eigenvalue weighted by molar-refractivity contribution is 9.11. The van der Waals surface area contributed by atoms with Gasteiger partial charge in [0, 0.05) is 21.9 Å². The maximum atomic E-state index is 12.9. The van der Waals surface area contributed by atoms with E-state index in [1.165, 1.54) is 4.31 Å². The molecule has 1 aromatic carbocycles. The van der Waals surface area contributed by atoms with Crippen molar-refractivity contribution in [3.63, 3.8) is 0 Å². The van der Waals surface area contributed by atoms with Crippen molar-refractivity contribution in [2.75, 3.05) is 26.3 Å². The average molecular weight is 441 g/mol. The molecule has 0 amide bonds. The van der Waals surface area contributed by atoms with Crippen LogP contribution in [-0.4, -0.2) is 44.8 Å². The summed E-state index contributed by atoms with van der Waals surface area (Å²) in [5.41, 5.74) is 0. The highest BCUT2D eigenvalue weighted by Crippen LogP contribution is 2.35. The second-order valence-corrected chi connectivity index (χ2v) is 8.80. The van der Waals surface area contributed by atoms with Crippen molar-refractivity contribution in [1.29, 1.82) is 0 Å². The first-order valence-electron chi connectivity index (χ1n) is 6.66. The number of piperidine rings is 1. The van der Waals surface area contributed by atoms with E-state index in [1.54, 1.807) is 18.2 Å². The van der Waals surface area contributed by atoms with E-state index in [1.807, 2.05) is 0 Å². The molecule has 1 spiro atoms. The van der Waals surface area contributed by atoms with Crippen molar-refractivity contribution in [3.05, 3.63) is 27.1 Å². The van der Waals surface area contributed by atoms with Crippen LogP contribution in [0.5, 0.6) is 0 Å². The summed E-state index contributed by atoms with van der Waals surface area (Å²) in [6, 6.07) is 5.13. The van der Waals surface area contributed by atoms with Crippen LogP contribution in [0.25, 0.3) is 0 Å². The van der Waals surface area contributed by atoms with Gasteiger partial charge in [0.2, 0.25) is 10.0 Å². The zero-order chi connectivity index (χ0) is 15.1. The van der Waals surface area contributed by atoms with E-state index in [0.29, 0.717) is 24.2 Å². The summed E-state index contributed by atoms with van der Waals surface area (Å²) in [4.78, 5) is 0.256. The van der Waals surface area contributed by atoms with Gasteiger partial charge >= 0.3 is 0 Å². The number of ether oxygens (including phenoxy) is 2. The molecule has 0 saturated carbocycles. The van der Waals surface area contributed by atoms with Crippen LogP contribution in [0.15, 0.2) is 32.0 Å². The summed E-state index contributed by atoms with van der Waals surface area (Å²) in [5, 5.41) is 0. The molecule has 2 aliphatic heterocycles. The van der Waals surface area contributed by atoms with E-state index >= 15 is 0 Å². The minimum atomic E-state index is -3.58. The Morgan fingerprint density at radius 1 is 1.19 bits per heavy atom. The molecule has 1 aromatic rings. The third-order valence-corrected chi connectivity index (χ3v) is 7.04. The first-order valence-corrected chi connectivity index (χ1v) is 9.69. The monoisotopic (exact) mass is 439 g/mol. The molecule has 2 aliphatic rings. The van der Waals surface area contributed by atoms with Crippen LogP contribution in [0, 0.1) is 0 Å². The number of rotatable bonds is 2. The van der Waals surface area contributed by atoms with E-state index < -0.39 is 15.8 Å². The fourth-order valence-corrected chi connectivity index (χ4v) is 5.68. The van der Waals surface area contributed by atoms with Gasteiger partial charge in [-0.25, -0.2) is 8.42 Å². The van der Waals surface area contributed by atoms with Crippen LogP contribution in [0.2, 0.25) is 0 Å². The smallest absolute Gasteiger partial charge is 0.244 e. The molecule has 116 valence electrons. The Kier molecular flexibility index (Phi) is 4.46.